The van der Waals surface area contributed by atoms with Gasteiger partial charge in [-0.15, -0.1) is 11.3 Å². The molecule has 0 saturated carbocycles. The van der Waals surface area contributed by atoms with Gasteiger partial charge < -0.3 is 0 Å². The summed E-state index contributed by atoms with van der Waals surface area (Å²) in [5.74, 6) is 4.74. The average molecular weight is 269 g/mol. The van der Waals surface area contributed by atoms with Crippen LogP contribution in [0.5, 0.6) is 0 Å². The molecule has 90 valence electrons. The van der Waals surface area contributed by atoms with Crippen LogP contribution in [0.25, 0.3) is 0 Å². The Kier molecular flexibility index (Phi) is 3.41. The lowest BCUT2D eigenvalue weighted by molar-refractivity contribution is 0.0957. The molecular formula is C10H11N3O2S2. The number of hydrazine groups is 1. The average Bonchev–Trinajstić information content (AvgIpc) is 2.90. The molecule has 0 bridgehead atoms. The number of amides is 1. The number of nitrogens with one attached hydrogen (secondary N) is 1. The van der Waals surface area contributed by atoms with E-state index in [0.29, 0.717) is 11.4 Å². The van der Waals surface area contributed by atoms with Crippen molar-refractivity contribution in [1.29, 1.82) is 0 Å². The first-order chi connectivity index (χ1) is 8.11. The number of nitrogens with two attached hydrogens (primary N) is 1. The maximum Gasteiger partial charge on any atom is 0.307 e. The van der Waals surface area contributed by atoms with Crippen LogP contribution in [-0.4, -0.2) is 10.5 Å². The van der Waals surface area contributed by atoms with E-state index in [1.807, 2.05) is 18.4 Å². The van der Waals surface area contributed by atoms with Gasteiger partial charge in [0, 0.05) is 16.0 Å². The van der Waals surface area contributed by atoms with E-state index in [1.54, 1.807) is 10.6 Å². The molecule has 0 fully saturated rings. The van der Waals surface area contributed by atoms with Crippen LogP contribution in [0, 0.1) is 6.92 Å². The minimum absolute atomic E-state index is 0.0146. The van der Waals surface area contributed by atoms with Crippen LogP contribution in [0.3, 0.4) is 0 Å². The number of hydrogen-bond donors (Lipinski definition) is 2. The van der Waals surface area contributed by atoms with Crippen LogP contribution >= 0.6 is 22.7 Å². The van der Waals surface area contributed by atoms with Crippen molar-refractivity contribution in [1.82, 2.24) is 9.99 Å². The lowest BCUT2D eigenvalue weighted by Crippen LogP contribution is -2.29. The summed E-state index contributed by atoms with van der Waals surface area (Å²) in [6, 6.07) is 3.54. The van der Waals surface area contributed by atoms with E-state index in [4.69, 9.17) is 5.84 Å². The van der Waals surface area contributed by atoms with Gasteiger partial charge in [-0.3, -0.25) is 19.6 Å². The molecule has 5 nitrogen and oxygen atoms in total. The monoisotopic (exact) mass is 269 g/mol. The van der Waals surface area contributed by atoms with Crippen molar-refractivity contribution in [3.05, 3.63) is 42.6 Å². The van der Waals surface area contributed by atoms with E-state index < -0.39 is 0 Å². The predicted octanol–water partition coefficient (Wildman–Crippen LogP) is 0.932. The third-order valence-electron chi connectivity index (χ3n) is 2.31. The zero-order chi connectivity index (χ0) is 12.4. The molecule has 2 heterocycles. The highest BCUT2D eigenvalue weighted by Gasteiger charge is 2.09. The summed E-state index contributed by atoms with van der Waals surface area (Å²) in [7, 11) is 0. The minimum Gasteiger partial charge on any atom is -0.298 e. The first-order valence-corrected chi connectivity index (χ1v) is 6.56. The van der Waals surface area contributed by atoms with Gasteiger partial charge in [-0.2, -0.15) is 0 Å². The van der Waals surface area contributed by atoms with E-state index in [9.17, 15) is 9.59 Å². The van der Waals surface area contributed by atoms with Crippen LogP contribution in [-0.2, 0) is 6.54 Å². The number of aryl methyl sites for hydroxylation is 1. The minimum atomic E-state index is -0.310. The third-order valence-corrected chi connectivity index (χ3v) is 4.26. The Hall–Kier alpha value is -1.44. The SMILES string of the molecule is Cc1csc(=O)n1Cc1ccc(C(=O)NN)s1. The number of carbonyl (C=O) groups excluding carboxylic acids is 1. The van der Waals surface area contributed by atoms with Crippen molar-refractivity contribution in [2.45, 2.75) is 13.5 Å². The first kappa shape index (κ1) is 12.0. The topological polar surface area (TPSA) is 77.1 Å². The van der Waals surface area contributed by atoms with Gasteiger partial charge in [-0.05, 0) is 19.1 Å². The van der Waals surface area contributed by atoms with Gasteiger partial charge in [0.15, 0.2) is 0 Å². The van der Waals surface area contributed by atoms with E-state index in [0.717, 1.165) is 10.6 Å². The van der Waals surface area contributed by atoms with Crippen molar-refractivity contribution < 1.29 is 4.79 Å². The van der Waals surface area contributed by atoms with Crippen LogP contribution in [0.1, 0.15) is 20.2 Å². The summed E-state index contributed by atoms with van der Waals surface area (Å²) in [5, 5.41) is 1.82. The number of rotatable bonds is 3. The molecule has 0 spiro atoms. The van der Waals surface area contributed by atoms with Gasteiger partial charge in [0.1, 0.15) is 0 Å². The Morgan fingerprint density at radius 3 is 2.88 bits per heavy atom. The van der Waals surface area contributed by atoms with E-state index in [2.05, 4.69) is 5.43 Å². The van der Waals surface area contributed by atoms with Crippen LogP contribution in [0.15, 0.2) is 22.3 Å². The van der Waals surface area contributed by atoms with Crippen molar-refractivity contribution in [2.24, 2.45) is 5.84 Å². The smallest absolute Gasteiger partial charge is 0.298 e. The first-order valence-electron chi connectivity index (χ1n) is 4.86. The summed E-state index contributed by atoms with van der Waals surface area (Å²) < 4.78 is 1.68. The summed E-state index contributed by atoms with van der Waals surface area (Å²) in [6.07, 6.45) is 0. The summed E-state index contributed by atoms with van der Waals surface area (Å²) in [4.78, 5) is 24.3. The second-order valence-corrected chi connectivity index (χ2v) is 5.46. The molecular weight excluding hydrogens is 258 g/mol. The Morgan fingerprint density at radius 2 is 2.29 bits per heavy atom. The highest BCUT2D eigenvalue weighted by atomic mass is 32.1. The van der Waals surface area contributed by atoms with Crippen molar-refractivity contribution in [3.63, 3.8) is 0 Å². The molecule has 0 radical (unpaired) electrons. The molecule has 17 heavy (non-hydrogen) atoms. The van der Waals surface area contributed by atoms with Crippen LogP contribution in [0.4, 0.5) is 0 Å². The standard InChI is InChI=1S/C10H11N3O2S2/c1-6-5-16-10(15)13(6)4-7-2-3-8(17-7)9(14)12-11/h2-3,5H,4,11H2,1H3,(H,12,14). The number of thiophene rings is 1. The maximum atomic E-state index is 11.5. The largest absolute Gasteiger partial charge is 0.307 e. The number of carbonyl (C=O) groups is 1. The van der Waals surface area contributed by atoms with Crippen LogP contribution in [0.2, 0.25) is 0 Å². The molecule has 0 atom stereocenters. The molecule has 0 aliphatic carbocycles. The fourth-order valence-corrected chi connectivity index (χ4v) is 3.04. The Morgan fingerprint density at radius 1 is 1.53 bits per heavy atom. The molecule has 2 aromatic heterocycles. The molecule has 0 unspecified atom stereocenters. The van der Waals surface area contributed by atoms with E-state index in [1.165, 1.54) is 22.7 Å². The van der Waals surface area contributed by atoms with E-state index in [-0.39, 0.29) is 10.8 Å². The van der Waals surface area contributed by atoms with Crippen LogP contribution < -0.4 is 16.1 Å². The van der Waals surface area contributed by atoms with Gasteiger partial charge in [0.25, 0.3) is 5.91 Å². The number of thiazole rings is 1. The lowest BCUT2D eigenvalue weighted by atomic mass is 10.4. The quantitative estimate of drug-likeness (QED) is 0.494. The van der Waals surface area contributed by atoms with Crippen molar-refractivity contribution >= 4 is 28.6 Å². The molecule has 1 amide bonds. The summed E-state index contributed by atoms with van der Waals surface area (Å²) in [5.41, 5.74) is 3.01. The van der Waals surface area contributed by atoms with Crippen molar-refractivity contribution in [2.75, 3.05) is 0 Å². The second kappa shape index (κ2) is 4.82. The van der Waals surface area contributed by atoms with Gasteiger partial charge >= 0.3 is 4.87 Å². The van der Waals surface area contributed by atoms with Gasteiger partial charge in [-0.25, -0.2) is 5.84 Å². The zero-order valence-electron chi connectivity index (χ0n) is 9.10. The molecule has 2 aromatic rings. The molecule has 3 N–H and O–H groups in total. The summed E-state index contributed by atoms with van der Waals surface area (Å²) >= 11 is 2.51. The second-order valence-electron chi connectivity index (χ2n) is 3.47. The van der Waals surface area contributed by atoms with E-state index >= 15 is 0 Å². The molecule has 0 saturated heterocycles. The Labute approximate surface area is 105 Å². The highest BCUT2D eigenvalue weighted by Crippen LogP contribution is 2.17. The Balaban J connectivity index is 2.23. The fraction of sp³-hybridized carbons (Fsp3) is 0.200. The van der Waals surface area contributed by atoms with Gasteiger partial charge in [0.05, 0.1) is 11.4 Å². The van der Waals surface area contributed by atoms with Gasteiger partial charge in [-0.1, -0.05) is 11.3 Å². The zero-order valence-corrected chi connectivity index (χ0v) is 10.7. The molecule has 2 rings (SSSR count). The molecule has 7 heteroatoms. The maximum absolute atomic E-state index is 11.5. The molecule has 0 aliphatic heterocycles. The fourth-order valence-electron chi connectivity index (χ4n) is 1.41. The Bertz CT molecular complexity index is 597. The number of nitrogens with zero attached hydrogens (tertiary/aromatic N) is 1. The highest BCUT2D eigenvalue weighted by molar-refractivity contribution is 7.14. The number of aromatic nitrogens is 1. The predicted molar refractivity (Wildman–Crippen MR) is 68.4 cm³/mol. The summed E-state index contributed by atoms with van der Waals surface area (Å²) in [6.45, 7) is 2.38. The normalized spacial score (nSPS) is 10.5. The molecule has 0 aromatic carbocycles. The number of hydrogen-bond acceptors (Lipinski definition) is 5. The molecule has 0 aliphatic rings. The van der Waals surface area contributed by atoms with Crippen molar-refractivity contribution in [3.8, 4) is 0 Å². The van der Waals surface area contributed by atoms with Gasteiger partial charge in [0.2, 0.25) is 0 Å². The third kappa shape index (κ3) is 2.46. The lowest BCUT2D eigenvalue weighted by Gasteiger charge is -2.01. The number of nitrogen functional groups attached to an aromatic ring is 1.